The van der Waals surface area contributed by atoms with Crippen LogP contribution in [0.2, 0.25) is 0 Å². The van der Waals surface area contributed by atoms with Gasteiger partial charge >= 0.3 is 0 Å². The summed E-state index contributed by atoms with van der Waals surface area (Å²) in [6, 6.07) is 13.7. The highest BCUT2D eigenvalue weighted by Crippen LogP contribution is 2.23. The molecule has 2 rings (SSSR count). The highest BCUT2D eigenvalue weighted by molar-refractivity contribution is 5.66. The topological polar surface area (TPSA) is 9.23 Å². The highest BCUT2D eigenvalue weighted by atomic mass is 19.1. The predicted molar refractivity (Wildman–Crippen MR) is 124 cm³/mol. The van der Waals surface area contributed by atoms with Crippen LogP contribution in [0.3, 0.4) is 0 Å². The van der Waals surface area contributed by atoms with Gasteiger partial charge in [-0.1, -0.05) is 74.4 Å². The Bertz CT molecular complexity index is 761. The number of hydrogen-bond donors (Lipinski definition) is 0. The van der Waals surface area contributed by atoms with E-state index in [0.717, 1.165) is 37.0 Å². The molecule has 29 heavy (non-hydrogen) atoms. The summed E-state index contributed by atoms with van der Waals surface area (Å²) in [5, 5.41) is 0. The van der Waals surface area contributed by atoms with Gasteiger partial charge in [0.05, 0.1) is 6.10 Å². The second kappa shape index (κ2) is 13.1. The van der Waals surface area contributed by atoms with Crippen LogP contribution >= 0.6 is 0 Å². The van der Waals surface area contributed by atoms with Crippen molar-refractivity contribution in [2.45, 2.75) is 64.9 Å². The van der Waals surface area contributed by atoms with Crippen molar-refractivity contribution in [3.8, 4) is 11.1 Å². The molecular formula is C27H35FO. The van der Waals surface area contributed by atoms with Gasteiger partial charge in [-0.05, 0) is 67.3 Å². The molecule has 0 fully saturated rings. The summed E-state index contributed by atoms with van der Waals surface area (Å²) < 4.78 is 20.0. The first-order chi connectivity index (χ1) is 14.1. The number of rotatable bonds is 13. The Kier molecular flexibility index (Phi) is 10.4. The van der Waals surface area contributed by atoms with E-state index in [9.17, 15) is 4.39 Å². The van der Waals surface area contributed by atoms with Gasteiger partial charge in [-0.25, -0.2) is 4.39 Å². The van der Waals surface area contributed by atoms with Crippen LogP contribution in [-0.2, 0) is 11.2 Å². The van der Waals surface area contributed by atoms with E-state index >= 15 is 0 Å². The van der Waals surface area contributed by atoms with Crippen molar-refractivity contribution in [3.05, 3.63) is 78.1 Å². The van der Waals surface area contributed by atoms with E-state index in [4.69, 9.17) is 4.74 Å². The SMILES string of the molecule is C=CCc1ccc(-c2ccc(C=CCCCC(C)OCCCCC)cc2)cc1F. The molecule has 0 bridgehead atoms. The zero-order valence-electron chi connectivity index (χ0n) is 18.0. The molecule has 0 radical (unpaired) electrons. The van der Waals surface area contributed by atoms with Gasteiger partial charge in [0.25, 0.3) is 0 Å². The summed E-state index contributed by atoms with van der Waals surface area (Å²) in [5.74, 6) is -0.171. The first-order valence-corrected chi connectivity index (χ1v) is 10.9. The molecule has 0 amide bonds. The van der Waals surface area contributed by atoms with Crippen LogP contribution in [0.5, 0.6) is 0 Å². The molecular weight excluding hydrogens is 359 g/mol. The lowest BCUT2D eigenvalue weighted by Gasteiger charge is -2.12. The van der Waals surface area contributed by atoms with E-state index in [-0.39, 0.29) is 5.82 Å². The molecule has 0 heterocycles. The monoisotopic (exact) mass is 394 g/mol. The molecule has 0 aliphatic carbocycles. The molecule has 2 aromatic carbocycles. The van der Waals surface area contributed by atoms with Crippen molar-refractivity contribution < 1.29 is 9.13 Å². The Hall–Kier alpha value is -2.19. The second-order valence-corrected chi connectivity index (χ2v) is 7.64. The van der Waals surface area contributed by atoms with Crippen LogP contribution in [0, 0.1) is 5.82 Å². The quantitative estimate of drug-likeness (QED) is 0.247. The molecule has 0 N–H and O–H groups in total. The number of benzene rings is 2. The summed E-state index contributed by atoms with van der Waals surface area (Å²) in [6.45, 7) is 8.94. The van der Waals surface area contributed by atoms with Crippen molar-refractivity contribution in [2.75, 3.05) is 6.61 Å². The fraction of sp³-hybridized carbons (Fsp3) is 0.407. The molecule has 2 heteroatoms. The smallest absolute Gasteiger partial charge is 0.127 e. The van der Waals surface area contributed by atoms with Gasteiger partial charge in [0.15, 0.2) is 0 Å². The third-order valence-corrected chi connectivity index (χ3v) is 5.10. The normalized spacial score (nSPS) is 12.4. The number of unbranched alkanes of at least 4 members (excludes halogenated alkanes) is 3. The lowest BCUT2D eigenvalue weighted by Crippen LogP contribution is -2.08. The van der Waals surface area contributed by atoms with E-state index in [1.807, 2.05) is 24.3 Å². The minimum absolute atomic E-state index is 0.171. The van der Waals surface area contributed by atoms with Gasteiger partial charge in [-0.3, -0.25) is 0 Å². The zero-order chi connectivity index (χ0) is 20.9. The Balaban J connectivity index is 1.77. The fourth-order valence-corrected chi connectivity index (χ4v) is 3.30. The maximum Gasteiger partial charge on any atom is 0.127 e. The fourth-order valence-electron chi connectivity index (χ4n) is 3.30. The molecule has 0 spiro atoms. The van der Waals surface area contributed by atoms with E-state index in [0.29, 0.717) is 18.1 Å². The molecule has 0 aliphatic rings. The lowest BCUT2D eigenvalue weighted by atomic mass is 10.0. The molecule has 1 atom stereocenters. The molecule has 0 aromatic heterocycles. The van der Waals surface area contributed by atoms with E-state index in [1.165, 1.54) is 24.8 Å². The summed E-state index contributed by atoms with van der Waals surface area (Å²) in [6.07, 6.45) is 14.0. The summed E-state index contributed by atoms with van der Waals surface area (Å²) >= 11 is 0. The van der Waals surface area contributed by atoms with Gasteiger partial charge in [-0.15, -0.1) is 6.58 Å². The van der Waals surface area contributed by atoms with Crippen LogP contribution in [0.15, 0.2) is 61.2 Å². The Labute approximate surface area is 176 Å². The standard InChI is InChI=1S/C27H35FO/c1-4-6-10-20-29-22(3)12-8-7-9-13-23-14-16-24(17-15-23)26-19-18-25(11-5-2)27(28)21-26/h5,9,13-19,21-22H,2,4,6-8,10-12,20H2,1,3H3. The molecule has 2 aromatic rings. The van der Waals surface area contributed by atoms with Gasteiger partial charge in [0.1, 0.15) is 5.82 Å². The maximum absolute atomic E-state index is 14.1. The number of allylic oxidation sites excluding steroid dienone is 2. The van der Waals surface area contributed by atoms with Crippen molar-refractivity contribution in [2.24, 2.45) is 0 Å². The van der Waals surface area contributed by atoms with Gasteiger partial charge in [-0.2, -0.15) is 0 Å². The Morgan fingerprint density at radius 2 is 1.79 bits per heavy atom. The first kappa shape index (κ1) is 23.1. The van der Waals surface area contributed by atoms with Crippen molar-refractivity contribution in [1.29, 1.82) is 0 Å². The van der Waals surface area contributed by atoms with Crippen molar-refractivity contribution in [3.63, 3.8) is 0 Å². The van der Waals surface area contributed by atoms with E-state index in [1.54, 1.807) is 12.1 Å². The van der Waals surface area contributed by atoms with Crippen LogP contribution in [0.4, 0.5) is 4.39 Å². The van der Waals surface area contributed by atoms with E-state index < -0.39 is 0 Å². The third kappa shape index (κ3) is 8.37. The Morgan fingerprint density at radius 1 is 1.03 bits per heavy atom. The van der Waals surface area contributed by atoms with Crippen molar-refractivity contribution in [1.82, 2.24) is 0 Å². The third-order valence-electron chi connectivity index (χ3n) is 5.10. The highest BCUT2D eigenvalue weighted by Gasteiger charge is 2.04. The molecule has 1 unspecified atom stereocenters. The molecule has 0 saturated carbocycles. The van der Waals surface area contributed by atoms with Crippen LogP contribution < -0.4 is 0 Å². The number of halogens is 1. The Morgan fingerprint density at radius 3 is 2.48 bits per heavy atom. The minimum atomic E-state index is -0.171. The van der Waals surface area contributed by atoms with Crippen LogP contribution in [0.1, 0.15) is 63.5 Å². The van der Waals surface area contributed by atoms with E-state index in [2.05, 4.69) is 44.7 Å². The van der Waals surface area contributed by atoms with Crippen LogP contribution in [0.25, 0.3) is 17.2 Å². The van der Waals surface area contributed by atoms with Gasteiger partial charge < -0.3 is 4.74 Å². The van der Waals surface area contributed by atoms with Crippen LogP contribution in [-0.4, -0.2) is 12.7 Å². The summed E-state index contributed by atoms with van der Waals surface area (Å²) in [4.78, 5) is 0. The first-order valence-electron chi connectivity index (χ1n) is 10.9. The lowest BCUT2D eigenvalue weighted by molar-refractivity contribution is 0.0566. The van der Waals surface area contributed by atoms with Gasteiger partial charge in [0.2, 0.25) is 0 Å². The van der Waals surface area contributed by atoms with Crippen molar-refractivity contribution >= 4 is 6.08 Å². The zero-order valence-corrected chi connectivity index (χ0v) is 18.0. The minimum Gasteiger partial charge on any atom is -0.379 e. The average molecular weight is 395 g/mol. The maximum atomic E-state index is 14.1. The molecule has 156 valence electrons. The second-order valence-electron chi connectivity index (χ2n) is 7.64. The summed E-state index contributed by atoms with van der Waals surface area (Å²) in [7, 11) is 0. The largest absolute Gasteiger partial charge is 0.379 e. The number of ether oxygens (including phenoxy) is 1. The summed E-state index contributed by atoms with van der Waals surface area (Å²) in [5.41, 5.74) is 3.78. The molecule has 0 aliphatic heterocycles. The molecule has 1 nitrogen and oxygen atoms in total. The predicted octanol–water partition coefficient (Wildman–Crippen LogP) is 8.00. The van der Waals surface area contributed by atoms with Gasteiger partial charge in [0, 0.05) is 6.61 Å². The number of hydrogen-bond acceptors (Lipinski definition) is 1. The average Bonchev–Trinajstić information content (AvgIpc) is 2.73. The molecule has 0 saturated heterocycles.